The second-order valence-electron chi connectivity index (χ2n) is 3.92. The van der Waals surface area contributed by atoms with E-state index in [0.717, 1.165) is 29.9 Å². The molecule has 0 bridgehead atoms. The molecule has 2 rings (SSSR count). The summed E-state index contributed by atoms with van der Waals surface area (Å²) in [7, 11) is 0. The lowest BCUT2D eigenvalue weighted by Crippen LogP contribution is -1.96. The SMILES string of the molecule is CCCOc1ccc2cccc(OCC)c2c1. The fourth-order valence-corrected chi connectivity index (χ4v) is 1.81. The van der Waals surface area contributed by atoms with Crippen LogP contribution in [0.15, 0.2) is 36.4 Å². The van der Waals surface area contributed by atoms with Gasteiger partial charge in [-0.2, -0.15) is 0 Å². The molecular formula is C15H18O2. The predicted octanol–water partition coefficient (Wildman–Crippen LogP) is 4.03. The van der Waals surface area contributed by atoms with E-state index in [-0.39, 0.29) is 0 Å². The van der Waals surface area contributed by atoms with Crippen LogP contribution >= 0.6 is 0 Å². The van der Waals surface area contributed by atoms with Gasteiger partial charge in [0.15, 0.2) is 0 Å². The molecule has 0 amide bonds. The van der Waals surface area contributed by atoms with Crippen LogP contribution in [-0.2, 0) is 0 Å². The van der Waals surface area contributed by atoms with Gasteiger partial charge in [0.25, 0.3) is 0 Å². The second-order valence-corrected chi connectivity index (χ2v) is 3.92. The monoisotopic (exact) mass is 230 g/mol. The maximum atomic E-state index is 5.64. The lowest BCUT2D eigenvalue weighted by Gasteiger charge is -2.09. The molecule has 0 saturated heterocycles. The molecule has 0 atom stereocenters. The Morgan fingerprint density at radius 2 is 1.88 bits per heavy atom. The predicted molar refractivity (Wildman–Crippen MR) is 70.9 cm³/mol. The molecule has 0 heterocycles. The zero-order valence-corrected chi connectivity index (χ0v) is 10.4. The molecule has 0 aliphatic rings. The third kappa shape index (κ3) is 2.70. The Hall–Kier alpha value is -1.70. The van der Waals surface area contributed by atoms with E-state index in [4.69, 9.17) is 9.47 Å². The van der Waals surface area contributed by atoms with Crippen molar-refractivity contribution in [3.63, 3.8) is 0 Å². The normalized spacial score (nSPS) is 10.5. The Bertz CT molecular complexity index is 491. The lowest BCUT2D eigenvalue weighted by molar-refractivity contribution is 0.317. The molecule has 17 heavy (non-hydrogen) atoms. The van der Waals surface area contributed by atoms with Gasteiger partial charge in [-0.1, -0.05) is 25.1 Å². The van der Waals surface area contributed by atoms with Crippen molar-refractivity contribution >= 4 is 10.8 Å². The van der Waals surface area contributed by atoms with Crippen molar-refractivity contribution in [2.45, 2.75) is 20.3 Å². The van der Waals surface area contributed by atoms with Gasteiger partial charge in [-0.15, -0.1) is 0 Å². The number of hydrogen-bond acceptors (Lipinski definition) is 2. The van der Waals surface area contributed by atoms with E-state index in [1.165, 1.54) is 5.39 Å². The first-order valence-electron chi connectivity index (χ1n) is 6.13. The highest BCUT2D eigenvalue weighted by molar-refractivity contribution is 5.89. The van der Waals surface area contributed by atoms with Crippen LogP contribution in [0.4, 0.5) is 0 Å². The van der Waals surface area contributed by atoms with Crippen LogP contribution in [0.25, 0.3) is 10.8 Å². The minimum Gasteiger partial charge on any atom is -0.494 e. The quantitative estimate of drug-likeness (QED) is 0.772. The molecular weight excluding hydrogens is 212 g/mol. The largest absolute Gasteiger partial charge is 0.494 e. The topological polar surface area (TPSA) is 18.5 Å². The summed E-state index contributed by atoms with van der Waals surface area (Å²) in [5, 5.41) is 2.29. The third-order valence-corrected chi connectivity index (χ3v) is 2.59. The van der Waals surface area contributed by atoms with Crippen LogP contribution in [-0.4, -0.2) is 13.2 Å². The van der Waals surface area contributed by atoms with Crippen LogP contribution in [0.1, 0.15) is 20.3 Å². The minimum absolute atomic E-state index is 0.680. The van der Waals surface area contributed by atoms with Crippen molar-refractivity contribution in [2.75, 3.05) is 13.2 Å². The first kappa shape index (κ1) is 11.8. The average molecular weight is 230 g/mol. The Morgan fingerprint density at radius 1 is 1.00 bits per heavy atom. The fraction of sp³-hybridized carbons (Fsp3) is 0.333. The van der Waals surface area contributed by atoms with Crippen LogP contribution in [0.3, 0.4) is 0 Å². The zero-order chi connectivity index (χ0) is 12.1. The summed E-state index contributed by atoms with van der Waals surface area (Å²) < 4.78 is 11.3. The van der Waals surface area contributed by atoms with Gasteiger partial charge >= 0.3 is 0 Å². The number of hydrogen-bond donors (Lipinski definition) is 0. The fourth-order valence-electron chi connectivity index (χ4n) is 1.81. The van der Waals surface area contributed by atoms with Gasteiger partial charge in [0.1, 0.15) is 11.5 Å². The Balaban J connectivity index is 2.38. The minimum atomic E-state index is 0.680. The van der Waals surface area contributed by atoms with E-state index in [2.05, 4.69) is 25.1 Å². The van der Waals surface area contributed by atoms with Crippen molar-refractivity contribution in [2.24, 2.45) is 0 Å². The van der Waals surface area contributed by atoms with Gasteiger partial charge in [-0.3, -0.25) is 0 Å². The maximum Gasteiger partial charge on any atom is 0.127 e. The van der Waals surface area contributed by atoms with Gasteiger partial charge in [0.2, 0.25) is 0 Å². The number of rotatable bonds is 5. The highest BCUT2D eigenvalue weighted by atomic mass is 16.5. The summed E-state index contributed by atoms with van der Waals surface area (Å²) in [5.41, 5.74) is 0. The van der Waals surface area contributed by atoms with Crippen LogP contribution in [0.2, 0.25) is 0 Å². The molecule has 0 saturated carbocycles. The second kappa shape index (κ2) is 5.58. The van der Waals surface area contributed by atoms with Crippen molar-refractivity contribution < 1.29 is 9.47 Å². The first-order valence-corrected chi connectivity index (χ1v) is 6.13. The summed E-state index contributed by atoms with van der Waals surface area (Å²) in [6, 6.07) is 12.2. The lowest BCUT2D eigenvalue weighted by atomic mass is 10.1. The zero-order valence-electron chi connectivity index (χ0n) is 10.4. The number of benzene rings is 2. The Kier molecular flexibility index (Phi) is 3.86. The Labute approximate surface area is 102 Å². The molecule has 90 valence electrons. The maximum absolute atomic E-state index is 5.64. The molecule has 2 aromatic rings. The summed E-state index contributed by atoms with van der Waals surface area (Å²) in [4.78, 5) is 0. The molecule has 2 heteroatoms. The highest BCUT2D eigenvalue weighted by Crippen LogP contribution is 2.29. The molecule has 0 aliphatic heterocycles. The molecule has 0 N–H and O–H groups in total. The molecule has 0 unspecified atom stereocenters. The van der Waals surface area contributed by atoms with E-state index in [9.17, 15) is 0 Å². The summed E-state index contributed by atoms with van der Waals surface area (Å²) in [6.07, 6.45) is 1.02. The average Bonchev–Trinajstić information content (AvgIpc) is 2.37. The van der Waals surface area contributed by atoms with Crippen molar-refractivity contribution in [3.05, 3.63) is 36.4 Å². The third-order valence-electron chi connectivity index (χ3n) is 2.59. The van der Waals surface area contributed by atoms with Crippen LogP contribution in [0, 0.1) is 0 Å². The number of fused-ring (bicyclic) bond motifs is 1. The molecule has 0 spiro atoms. The standard InChI is InChI=1S/C15H18O2/c1-3-10-17-13-9-8-12-6-5-7-15(16-4-2)14(12)11-13/h5-9,11H,3-4,10H2,1-2H3. The molecule has 0 radical (unpaired) electrons. The summed E-state index contributed by atoms with van der Waals surface area (Å²) >= 11 is 0. The number of ether oxygens (including phenoxy) is 2. The summed E-state index contributed by atoms with van der Waals surface area (Å²) in [6.45, 7) is 5.53. The van der Waals surface area contributed by atoms with E-state index in [0.29, 0.717) is 6.61 Å². The van der Waals surface area contributed by atoms with Gasteiger partial charge in [0, 0.05) is 5.39 Å². The Morgan fingerprint density at radius 3 is 2.65 bits per heavy atom. The van der Waals surface area contributed by atoms with Gasteiger partial charge in [-0.05, 0) is 36.9 Å². The summed E-state index contributed by atoms with van der Waals surface area (Å²) in [5.74, 6) is 1.83. The van der Waals surface area contributed by atoms with E-state index in [1.54, 1.807) is 0 Å². The van der Waals surface area contributed by atoms with Gasteiger partial charge in [-0.25, -0.2) is 0 Å². The molecule has 2 nitrogen and oxygen atoms in total. The van der Waals surface area contributed by atoms with E-state index in [1.807, 2.05) is 25.1 Å². The van der Waals surface area contributed by atoms with E-state index < -0.39 is 0 Å². The van der Waals surface area contributed by atoms with E-state index >= 15 is 0 Å². The molecule has 0 fully saturated rings. The molecule has 0 aromatic heterocycles. The van der Waals surface area contributed by atoms with Gasteiger partial charge in [0.05, 0.1) is 13.2 Å². The molecule has 2 aromatic carbocycles. The smallest absolute Gasteiger partial charge is 0.127 e. The van der Waals surface area contributed by atoms with Crippen molar-refractivity contribution in [1.29, 1.82) is 0 Å². The van der Waals surface area contributed by atoms with Crippen molar-refractivity contribution in [1.82, 2.24) is 0 Å². The highest BCUT2D eigenvalue weighted by Gasteiger charge is 2.03. The first-order chi connectivity index (χ1) is 8.35. The van der Waals surface area contributed by atoms with Crippen LogP contribution < -0.4 is 9.47 Å². The van der Waals surface area contributed by atoms with Crippen molar-refractivity contribution in [3.8, 4) is 11.5 Å². The van der Waals surface area contributed by atoms with Crippen LogP contribution in [0.5, 0.6) is 11.5 Å². The molecule has 0 aliphatic carbocycles. The van der Waals surface area contributed by atoms with Gasteiger partial charge < -0.3 is 9.47 Å².